The van der Waals surface area contributed by atoms with Crippen molar-refractivity contribution in [2.24, 2.45) is 5.92 Å². The highest BCUT2D eigenvalue weighted by Gasteiger charge is 2.31. The lowest BCUT2D eigenvalue weighted by atomic mass is 9.95. The van der Waals surface area contributed by atoms with Crippen LogP contribution in [0.2, 0.25) is 0 Å². The second kappa shape index (κ2) is 7.33. The van der Waals surface area contributed by atoms with Crippen molar-refractivity contribution in [3.63, 3.8) is 0 Å². The number of anilines is 1. The maximum atomic E-state index is 12.6. The Kier molecular flexibility index (Phi) is 4.75. The maximum Gasteiger partial charge on any atom is 0.324 e. The molecule has 3 heterocycles. The first-order valence-corrected chi connectivity index (χ1v) is 8.95. The van der Waals surface area contributed by atoms with Gasteiger partial charge in [-0.05, 0) is 37.1 Å². The van der Waals surface area contributed by atoms with Crippen molar-refractivity contribution in [1.82, 2.24) is 15.0 Å². The van der Waals surface area contributed by atoms with Crippen LogP contribution >= 0.6 is 0 Å². The van der Waals surface area contributed by atoms with E-state index >= 15 is 0 Å². The molecule has 0 saturated carbocycles. The quantitative estimate of drug-likeness (QED) is 0.889. The van der Waals surface area contributed by atoms with Crippen molar-refractivity contribution >= 4 is 11.9 Å². The highest BCUT2D eigenvalue weighted by atomic mass is 16.5. The predicted molar refractivity (Wildman–Crippen MR) is 93.7 cm³/mol. The molecule has 2 fully saturated rings. The Morgan fingerprint density at radius 1 is 1.08 bits per heavy atom. The summed E-state index contributed by atoms with van der Waals surface area (Å²) in [6.45, 7) is 4.09. The minimum absolute atomic E-state index is 0.0591. The van der Waals surface area contributed by atoms with Gasteiger partial charge in [0.2, 0.25) is 11.7 Å². The Morgan fingerprint density at radius 2 is 1.77 bits per heavy atom. The first kappa shape index (κ1) is 16.8. The summed E-state index contributed by atoms with van der Waals surface area (Å²) in [5.41, 5.74) is 0.787. The van der Waals surface area contributed by atoms with Gasteiger partial charge in [0.05, 0.1) is 13.2 Å². The highest BCUT2D eigenvalue weighted by Crippen LogP contribution is 2.26. The van der Waals surface area contributed by atoms with Gasteiger partial charge in [-0.15, -0.1) is 0 Å². The number of phenols is 1. The van der Waals surface area contributed by atoms with Crippen LogP contribution < -0.4 is 4.90 Å². The van der Waals surface area contributed by atoms with Gasteiger partial charge in [0.25, 0.3) is 0 Å². The highest BCUT2D eigenvalue weighted by molar-refractivity contribution is 5.79. The molecular formula is C18H22N4O4. The molecule has 0 aliphatic carbocycles. The number of carbonyl (C=O) groups is 1. The molecule has 26 heavy (non-hydrogen) atoms. The number of piperidine rings is 1. The molecule has 0 atom stereocenters. The number of hydrogen-bond donors (Lipinski definition) is 1. The lowest BCUT2D eigenvalue weighted by Crippen LogP contribution is -2.46. The van der Waals surface area contributed by atoms with E-state index in [1.807, 2.05) is 9.80 Å². The van der Waals surface area contributed by atoms with Crippen LogP contribution in [-0.2, 0) is 9.53 Å². The minimum atomic E-state index is 0.0591. The molecule has 2 saturated heterocycles. The summed E-state index contributed by atoms with van der Waals surface area (Å²) in [6, 6.07) is 7.15. The molecule has 1 amide bonds. The second-order valence-electron chi connectivity index (χ2n) is 6.65. The number of phenolic OH excluding ortho intramolecular Hbond substituents is 1. The number of ether oxygens (including phenoxy) is 1. The summed E-state index contributed by atoms with van der Waals surface area (Å²) in [6.07, 6.45) is 1.57. The number of carbonyl (C=O) groups excluding carboxylic acids is 1. The maximum absolute atomic E-state index is 12.6. The predicted octanol–water partition coefficient (Wildman–Crippen LogP) is 1.52. The first-order valence-electron chi connectivity index (χ1n) is 8.95. The van der Waals surface area contributed by atoms with Crippen LogP contribution in [0, 0.1) is 5.92 Å². The van der Waals surface area contributed by atoms with Crippen molar-refractivity contribution in [2.75, 3.05) is 44.3 Å². The number of benzene rings is 1. The van der Waals surface area contributed by atoms with E-state index in [0.717, 1.165) is 31.5 Å². The summed E-state index contributed by atoms with van der Waals surface area (Å²) in [4.78, 5) is 21.0. The molecule has 8 heteroatoms. The van der Waals surface area contributed by atoms with Gasteiger partial charge in [0, 0.05) is 37.7 Å². The standard InChI is InChI=1S/C18H22N4O4/c23-15-3-1-13(2-4-15)16-19-18(26-20-16)22-7-5-14(6-8-22)17(24)21-9-11-25-12-10-21/h1-4,14,23H,5-12H2. The van der Waals surface area contributed by atoms with E-state index in [4.69, 9.17) is 9.26 Å². The van der Waals surface area contributed by atoms with Crippen molar-refractivity contribution < 1.29 is 19.2 Å². The van der Waals surface area contributed by atoms with Crippen molar-refractivity contribution in [3.05, 3.63) is 24.3 Å². The van der Waals surface area contributed by atoms with Crippen LogP contribution in [0.5, 0.6) is 5.75 Å². The molecule has 1 aromatic carbocycles. The summed E-state index contributed by atoms with van der Waals surface area (Å²) < 4.78 is 10.7. The molecule has 2 aliphatic rings. The molecular weight excluding hydrogens is 336 g/mol. The fraction of sp³-hybridized carbons (Fsp3) is 0.500. The third-order valence-corrected chi connectivity index (χ3v) is 4.98. The van der Waals surface area contributed by atoms with Gasteiger partial charge in [-0.1, -0.05) is 5.16 Å². The largest absolute Gasteiger partial charge is 0.508 e. The lowest BCUT2D eigenvalue weighted by Gasteiger charge is -2.34. The minimum Gasteiger partial charge on any atom is -0.508 e. The third kappa shape index (κ3) is 3.50. The van der Waals surface area contributed by atoms with Gasteiger partial charge in [0.1, 0.15) is 5.75 Å². The van der Waals surface area contributed by atoms with E-state index in [0.29, 0.717) is 38.1 Å². The van der Waals surface area contributed by atoms with E-state index in [2.05, 4.69) is 10.1 Å². The summed E-state index contributed by atoms with van der Waals surface area (Å²) >= 11 is 0. The fourth-order valence-corrected chi connectivity index (χ4v) is 3.43. The molecule has 2 aliphatic heterocycles. The van der Waals surface area contributed by atoms with Crippen LogP contribution in [0.15, 0.2) is 28.8 Å². The van der Waals surface area contributed by atoms with Gasteiger partial charge in [0.15, 0.2) is 0 Å². The molecule has 1 N–H and O–H groups in total. The molecule has 8 nitrogen and oxygen atoms in total. The van der Waals surface area contributed by atoms with Gasteiger partial charge in [-0.25, -0.2) is 0 Å². The number of rotatable bonds is 3. The van der Waals surface area contributed by atoms with E-state index in [9.17, 15) is 9.90 Å². The van der Waals surface area contributed by atoms with E-state index < -0.39 is 0 Å². The van der Waals surface area contributed by atoms with Crippen LogP contribution in [0.25, 0.3) is 11.4 Å². The summed E-state index contributed by atoms with van der Waals surface area (Å²) in [7, 11) is 0. The zero-order valence-electron chi connectivity index (χ0n) is 14.5. The topological polar surface area (TPSA) is 91.9 Å². The Bertz CT molecular complexity index is 747. The van der Waals surface area contributed by atoms with E-state index in [1.54, 1.807) is 24.3 Å². The van der Waals surface area contributed by atoms with Gasteiger partial charge in [-0.3, -0.25) is 4.79 Å². The molecule has 0 bridgehead atoms. The SMILES string of the molecule is O=C(C1CCN(c2nc(-c3ccc(O)cc3)no2)CC1)N1CCOCC1. The molecule has 1 aromatic heterocycles. The Morgan fingerprint density at radius 3 is 2.46 bits per heavy atom. The number of amides is 1. The average molecular weight is 358 g/mol. The fourth-order valence-electron chi connectivity index (χ4n) is 3.43. The normalized spacial score (nSPS) is 18.9. The van der Waals surface area contributed by atoms with Gasteiger partial charge < -0.3 is 24.2 Å². The molecule has 0 spiro atoms. The summed E-state index contributed by atoms with van der Waals surface area (Å²) in [5.74, 6) is 0.989. The smallest absolute Gasteiger partial charge is 0.324 e. The zero-order chi connectivity index (χ0) is 17.9. The number of aromatic hydroxyl groups is 1. The zero-order valence-corrected chi connectivity index (χ0v) is 14.5. The summed E-state index contributed by atoms with van der Waals surface area (Å²) in [5, 5.41) is 13.4. The molecule has 0 unspecified atom stereocenters. The van der Waals surface area contributed by atoms with Crippen LogP contribution in [-0.4, -0.2) is 65.4 Å². The number of aromatic nitrogens is 2. The first-order chi connectivity index (χ1) is 12.7. The van der Waals surface area contributed by atoms with Crippen molar-refractivity contribution in [3.8, 4) is 17.1 Å². The Balaban J connectivity index is 1.36. The lowest BCUT2D eigenvalue weighted by molar-refractivity contribution is -0.140. The average Bonchev–Trinajstić information content (AvgIpc) is 3.19. The van der Waals surface area contributed by atoms with Gasteiger partial charge >= 0.3 is 6.01 Å². The van der Waals surface area contributed by atoms with Gasteiger partial charge in [-0.2, -0.15) is 4.98 Å². The number of morpholine rings is 1. The van der Waals surface area contributed by atoms with E-state index in [-0.39, 0.29) is 17.6 Å². The molecule has 2 aromatic rings. The number of nitrogens with zero attached hydrogens (tertiary/aromatic N) is 4. The molecule has 0 radical (unpaired) electrons. The second-order valence-corrected chi connectivity index (χ2v) is 6.65. The Labute approximate surface area is 151 Å². The van der Waals surface area contributed by atoms with Crippen LogP contribution in [0.4, 0.5) is 6.01 Å². The van der Waals surface area contributed by atoms with Crippen LogP contribution in [0.1, 0.15) is 12.8 Å². The third-order valence-electron chi connectivity index (χ3n) is 4.98. The Hall–Kier alpha value is -2.61. The molecule has 138 valence electrons. The van der Waals surface area contributed by atoms with Crippen molar-refractivity contribution in [1.29, 1.82) is 0 Å². The number of hydrogen-bond acceptors (Lipinski definition) is 7. The van der Waals surface area contributed by atoms with E-state index in [1.165, 1.54) is 0 Å². The van der Waals surface area contributed by atoms with Crippen LogP contribution in [0.3, 0.4) is 0 Å². The monoisotopic (exact) mass is 358 g/mol. The molecule has 4 rings (SSSR count). The van der Waals surface area contributed by atoms with Crippen molar-refractivity contribution in [2.45, 2.75) is 12.8 Å².